The zero-order valence-corrected chi connectivity index (χ0v) is 13.3. The summed E-state index contributed by atoms with van der Waals surface area (Å²) in [5.74, 6) is -1.31. The predicted octanol–water partition coefficient (Wildman–Crippen LogP) is 2.76. The van der Waals surface area contributed by atoms with E-state index in [4.69, 9.17) is 16.7 Å². The first-order chi connectivity index (χ1) is 11.5. The highest BCUT2D eigenvalue weighted by atomic mass is 35.5. The highest BCUT2D eigenvalue weighted by Gasteiger charge is 2.26. The van der Waals surface area contributed by atoms with E-state index in [0.717, 1.165) is 0 Å². The summed E-state index contributed by atoms with van der Waals surface area (Å²) in [4.78, 5) is 32.0. The molecular weight excluding hydrogens is 330 g/mol. The Morgan fingerprint density at radius 1 is 1.29 bits per heavy atom. The molecule has 1 atom stereocenters. The third kappa shape index (κ3) is 3.44. The number of anilines is 1. The van der Waals surface area contributed by atoms with Crippen LogP contribution in [0.1, 0.15) is 24.1 Å². The number of fused-ring (bicyclic) bond motifs is 1. The number of hydrogen-bond acceptors (Lipinski definition) is 4. The molecule has 3 rings (SSSR count). The van der Waals surface area contributed by atoms with Crippen LogP contribution in [0.2, 0.25) is 5.02 Å². The number of halogens is 1. The van der Waals surface area contributed by atoms with Crippen molar-refractivity contribution in [3.8, 4) is 0 Å². The van der Waals surface area contributed by atoms with Crippen LogP contribution < -0.4 is 5.32 Å². The molecule has 2 aromatic rings. The van der Waals surface area contributed by atoms with Crippen LogP contribution in [0.25, 0.3) is 0 Å². The van der Waals surface area contributed by atoms with Crippen LogP contribution in [0.3, 0.4) is 0 Å². The quantitative estimate of drug-likeness (QED) is 0.892. The normalized spacial score (nSPS) is 16.6. The van der Waals surface area contributed by atoms with E-state index >= 15 is 0 Å². The number of pyridine rings is 1. The molecule has 0 bridgehead atoms. The van der Waals surface area contributed by atoms with E-state index in [1.54, 1.807) is 36.5 Å². The van der Waals surface area contributed by atoms with E-state index in [1.807, 2.05) is 6.07 Å². The second kappa shape index (κ2) is 6.80. The van der Waals surface area contributed by atoms with Gasteiger partial charge >= 0.3 is 5.97 Å². The number of carbonyl (C=O) groups excluding carboxylic acids is 1. The zero-order valence-electron chi connectivity index (χ0n) is 12.6. The van der Waals surface area contributed by atoms with E-state index in [1.165, 1.54) is 0 Å². The molecule has 7 heteroatoms. The van der Waals surface area contributed by atoms with Gasteiger partial charge in [0.05, 0.1) is 17.1 Å². The average Bonchev–Trinajstić information content (AvgIpc) is 2.70. The van der Waals surface area contributed by atoms with E-state index in [-0.39, 0.29) is 18.7 Å². The van der Waals surface area contributed by atoms with Crippen LogP contribution in [0, 0.1) is 0 Å². The molecule has 1 aliphatic heterocycles. The summed E-state index contributed by atoms with van der Waals surface area (Å²) in [7, 11) is 0. The van der Waals surface area contributed by atoms with Crippen molar-refractivity contribution >= 4 is 34.9 Å². The first-order valence-corrected chi connectivity index (χ1v) is 7.74. The first kappa shape index (κ1) is 16.1. The molecule has 0 saturated heterocycles. The van der Waals surface area contributed by atoms with Crippen LogP contribution in [0.5, 0.6) is 0 Å². The minimum atomic E-state index is -0.970. The number of amides is 1. The van der Waals surface area contributed by atoms with E-state index in [9.17, 15) is 9.59 Å². The fourth-order valence-corrected chi connectivity index (χ4v) is 2.66. The number of carbonyl (C=O) groups is 2. The molecule has 0 unspecified atom stereocenters. The summed E-state index contributed by atoms with van der Waals surface area (Å²) >= 11 is 6.09. The van der Waals surface area contributed by atoms with Gasteiger partial charge in [-0.05, 0) is 36.8 Å². The number of nitrogens with zero attached hydrogens (tertiary/aromatic N) is 2. The Morgan fingerprint density at radius 2 is 2.12 bits per heavy atom. The lowest BCUT2D eigenvalue weighted by molar-refractivity contribution is -0.137. The van der Waals surface area contributed by atoms with E-state index in [0.29, 0.717) is 27.7 Å². The lowest BCUT2D eigenvalue weighted by atomic mass is 10.0. The fourth-order valence-electron chi connectivity index (χ4n) is 2.48. The maximum Gasteiger partial charge on any atom is 0.303 e. The summed E-state index contributed by atoms with van der Waals surface area (Å²) in [5, 5.41) is 12.2. The van der Waals surface area contributed by atoms with Gasteiger partial charge in [-0.15, -0.1) is 0 Å². The Kier molecular flexibility index (Phi) is 4.57. The Morgan fingerprint density at radius 3 is 2.83 bits per heavy atom. The molecule has 1 amide bonds. The summed E-state index contributed by atoms with van der Waals surface area (Å²) in [6.07, 6.45) is 1.60. The van der Waals surface area contributed by atoms with Crippen molar-refractivity contribution in [1.29, 1.82) is 0 Å². The molecule has 0 spiro atoms. The molecule has 0 radical (unpaired) electrons. The summed E-state index contributed by atoms with van der Waals surface area (Å²) < 4.78 is 0. The molecule has 6 nitrogen and oxygen atoms in total. The van der Waals surface area contributed by atoms with Crippen LogP contribution in [-0.2, 0) is 9.59 Å². The van der Waals surface area contributed by atoms with Gasteiger partial charge in [-0.1, -0.05) is 17.7 Å². The molecule has 2 N–H and O–H groups in total. The third-order valence-corrected chi connectivity index (χ3v) is 3.86. The van der Waals surface area contributed by atoms with Crippen molar-refractivity contribution in [3.63, 3.8) is 0 Å². The zero-order chi connectivity index (χ0) is 17.1. The number of hydrogen-bond donors (Lipinski definition) is 2. The molecule has 0 aliphatic carbocycles. The lowest BCUT2D eigenvalue weighted by Gasteiger charge is -2.09. The minimum Gasteiger partial charge on any atom is -0.481 e. The number of aliphatic imine (C=N–C) groups is 1. The largest absolute Gasteiger partial charge is 0.481 e. The Bertz CT molecular complexity index is 821. The van der Waals surface area contributed by atoms with Crippen LogP contribution in [0.15, 0.2) is 47.6 Å². The number of aromatic nitrogens is 1. The first-order valence-electron chi connectivity index (χ1n) is 7.36. The molecule has 1 aromatic carbocycles. The van der Waals surface area contributed by atoms with Crippen LogP contribution in [0.4, 0.5) is 5.69 Å². The van der Waals surface area contributed by atoms with Crippen molar-refractivity contribution in [2.45, 2.75) is 18.9 Å². The van der Waals surface area contributed by atoms with Gasteiger partial charge in [-0.2, -0.15) is 0 Å². The second-order valence-corrected chi connectivity index (χ2v) is 5.76. The molecule has 122 valence electrons. The molecular formula is C17H14ClN3O3. The molecule has 1 aliphatic rings. The number of carboxylic acids is 1. The van der Waals surface area contributed by atoms with Crippen LogP contribution >= 0.6 is 11.6 Å². The van der Waals surface area contributed by atoms with Crippen molar-refractivity contribution in [3.05, 3.63) is 58.9 Å². The predicted molar refractivity (Wildman–Crippen MR) is 90.6 cm³/mol. The highest BCUT2D eigenvalue weighted by molar-refractivity contribution is 6.31. The summed E-state index contributed by atoms with van der Waals surface area (Å²) in [6.45, 7) is 0. The maximum absolute atomic E-state index is 12.4. The van der Waals surface area contributed by atoms with E-state index in [2.05, 4.69) is 15.3 Å². The molecule has 0 fully saturated rings. The summed E-state index contributed by atoms with van der Waals surface area (Å²) in [5.41, 5.74) is 2.35. The Labute approximate surface area is 143 Å². The standard InChI is InChI=1S/C17H14ClN3O3/c18-10-4-5-12-11(9-10)16(13-3-1-2-8-19-13)20-14(17(24)21-12)6-7-15(22)23/h1-5,8-9,14H,6-7H2,(H,21,24)(H,22,23)/t14-/m0/s1. The van der Waals surface area contributed by atoms with Gasteiger partial charge in [0.15, 0.2) is 0 Å². The Balaban J connectivity index is 2.10. The summed E-state index contributed by atoms with van der Waals surface area (Å²) in [6, 6.07) is 9.68. The van der Waals surface area contributed by atoms with Crippen molar-refractivity contribution < 1.29 is 14.7 Å². The second-order valence-electron chi connectivity index (χ2n) is 5.32. The van der Waals surface area contributed by atoms with Gasteiger partial charge in [0.25, 0.3) is 0 Å². The van der Waals surface area contributed by atoms with Crippen molar-refractivity contribution in [2.75, 3.05) is 5.32 Å². The topological polar surface area (TPSA) is 91.7 Å². The van der Waals surface area contributed by atoms with Crippen LogP contribution in [-0.4, -0.2) is 33.7 Å². The highest BCUT2D eigenvalue weighted by Crippen LogP contribution is 2.27. The number of benzene rings is 1. The van der Waals surface area contributed by atoms with E-state index < -0.39 is 12.0 Å². The van der Waals surface area contributed by atoms with Crippen molar-refractivity contribution in [1.82, 2.24) is 4.98 Å². The third-order valence-electron chi connectivity index (χ3n) is 3.62. The monoisotopic (exact) mass is 343 g/mol. The number of benzodiazepines with no additional fused rings is 1. The molecule has 2 heterocycles. The lowest BCUT2D eigenvalue weighted by Crippen LogP contribution is -2.26. The molecule has 1 aromatic heterocycles. The maximum atomic E-state index is 12.4. The average molecular weight is 344 g/mol. The number of rotatable bonds is 4. The fraction of sp³-hybridized carbons (Fsp3) is 0.176. The van der Waals surface area contributed by atoms with Gasteiger partial charge in [-0.25, -0.2) is 0 Å². The van der Waals surface area contributed by atoms with Gasteiger partial charge in [0.1, 0.15) is 6.04 Å². The number of aliphatic carboxylic acids is 1. The number of nitrogens with one attached hydrogen (secondary N) is 1. The van der Waals surface area contributed by atoms with Gasteiger partial charge < -0.3 is 10.4 Å². The Hall–Kier alpha value is -2.73. The number of carboxylic acid groups (broad SMARTS) is 1. The molecule has 24 heavy (non-hydrogen) atoms. The minimum absolute atomic E-state index is 0.110. The van der Waals surface area contributed by atoms with Gasteiger partial charge in [0.2, 0.25) is 5.91 Å². The SMILES string of the molecule is O=C(O)CC[C@@H]1N=C(c2ccccn2)c2cc(Cl)ccc2NC1=O. The molecule has 0 saturated carbocycles. The van der Waals surface area contributed by atoms with Gasteiger partial charge in [0, 0.05) is 23.2 Å². The van der Waals surface area contributed by atoms with Gasteiger partial charge in [-0.3, -0.25) is 19.6 Å². The smallest absolute Gasteiger partial charge is 0.303 e. The van der Waals surface area contributed by atoms with Crippen molar-refractivity contribution in [2.24, 2.45) is 4.99 Å².